The molecule has 1 amide bonds. The summed E-state index contributed by atoms with van der Waals surface area (Å²) in [5, 5.41) is 9.50. The monoisotopic (exact) mass is 389 g/mol. The van der Waals surface area contributed by atoms with Gasteiger partial charge in [-0.05, 0) is 48.2 Å². The number of benzene rings is 2. The SMILES string of the molecule is COC(=O)[C@@]1(Cc2ccc(OCc3ccc(Cl)cc3)cc2)C[C@@H]1C(=O)NO. The number of carbonyl (C=O) groups is 2. The number of carbonyl (C=O) groups excluding carboxylic acids is 2. The Hall–Kier alpha value is -2.57. The van der Waals surface area contributed by atoms with E-state index in [0.717, 1.165) is 11.1 Å². The quantitative estimate of drug-likeness (QED) is 0.431. The standard InChI is InChI=1S/C20H20ClNO5/c1-26-19(24)20(11-17(20)18(23)22-25)10-13-4-8-16(9-5-13)27-12-14-2-6-15(21)7-3-14/h2-9,17,25H,10-12H2,1H3,(H,22,23)/t17-,20+/m1/s1. The first-order valence-corrected chi connectivity index (χ1v) is 8.85. The highest BCUT2D eigenvalue weighted by Gasteiger charge is 2.64. The lowest BCUT2D eigenvalue weighted by molar-refractivity contribution is -0.149. The van der Waals surface area contributed by atoms with E-state index in [1.54, 1.807) is 5.48 Å². The maximum atomic E-state index is 12.2. The summed E-state index contributed by atoms with van der Waals surface area (Å²) < 4.78 is 10.6. The van der Waals surface area contributed by atoms with Crippen LogP contribution < -0.4 is 10.2 Å². The highest BCUT2D eigenvalue weighted by Crippen LogP contribution is 2.55. The van der Waals surface area contributed by atoms with Crippen molar-refractivity contribution in [3.8, 4) is 5.75 Å². The van der Waals surface area contributed by atoms with Crippen molar-refractivity contribution < 1.29 is 24.3 Å². The molecule has 0 aliphatic heterocycles. The molecule has 0 radical (unpaired) electrons. The summed E-state index contributed by atoms with van der Waals surface area (Å²) in [4.78, 5) is 23.9. The van der Waals surface area contributed by atoms with Crippen molar-refractivity contribution in [3.63, 3.8) is 0 Å². The van der Waals surface area contributed by atoms with Crippen LogP contribution in [0, 0.1) is 11.3 Å². The summed E-state index contributed by atoms with van der Waals surface area (Å²) in [6.07, 6.45) is 0.704. The highest BCUT2D eigenvalue weighted by molar-refractivity contribution is 6.30. The van der Waals surface area contributed by atoms with Gasteiger partial charge in [0, 0.05) is 5.02 Å². The first-order chi connectivity index (χ1) is 13.0. The second kappa shape index (κ2) is 7.98. The molecule has 3 rings (SSSR count). The maximum absolute atomic E-state index is 12.2. The average Bonchev–Trinajstić information content (AvgIpc) is 3.42. The van der Waals surface area contributed by atoms with E-state index in [9.17, 15) is 9.59 Å². The molecule has 0 heterocycles. The molecular formula is C20H20ClNO5. The van der Waals surface area contributed by atoms with E-state index < -0.39 is 23.2 Å². The van der Waals surface area contributed by atoms with Crippen LogP contribution in [-0.4, -0.2) is 24.2 Å². The molecule has 1 fully saturated rings. The van der Waals surface area contributed by atoms with Crippen LogP contribution in [0.5, 0.6) is 5.75 Å². The molecule has 2 N–H and O–H groups in total. The van der Waals surface area contributed by atoms with Crippen LogP contribution in [0.15, 0.2) is 48.5 Å². The number of hydroxylamine groups is 1. The van der Waals surface area contributed by atoms with Gasteiger partial charge in [0.15, 0.2) is 0 Å². The van der Waals surface area contributed by atoms with Gasteiger partial charge in [-0.3, -0.25) is 14.8 Å². The Morgan fingerprint density at radius 3 is 2.37 bits per heavy atom. The van der Waals surface area contributed by atoms with Gasteiger partial charge in [-0.15, -0.1) is 0 Å². The predicted octanol–water partition coefficient (Wildman–Crippen LogP) is 3.15. The first-order valence-electron chi connectivity index (χ1n) is 8.47. The molecule has 2 aromatic carbocycles. The van der Waals surface area contributed by atoms with Crippen molar-refractivity contribution in [2.45, 2.75) is 19.4 Å². The number of hydrogen-bond acceptors (Lipinski definition) is 5. The van der Waals surface area contributed by atoms with Crippen LogP contribution >= 0.6 is 11.6 Å². The van der Waals surface area contributed by atoms with E-state index in [1.807, 2.05) is 48.5 Å². The molecule has 0 unspecified atom stereocenters. The fourth-order valence-electron chi connectivity index (χ4n) is 3.24. The van der Waals surface area contributed by atoms with Gasteiger partial charge in [0.25, 0.3) is 0 Å². The highest BCUT2D eigenvalue weighted by atomic mass is 35.5. The number of ether oxygens (including phenoxy) is 2. The average molecular weight is 390 g/mol. The van der Waals surface area contributed by atoms with Gasteiger partial charge in [-0.2, -0.15) is 0 Å². The molecule has 142 valence electrons. The van der Waals surface area contributed by atoms with Gasteiger partial charge in [-0.1, -0.05) is 35.9 Å². The van der Waals surface area contributed by atoms with E-state index in [1.165, 1.54) is 7.11 Å². The lowest BCUT2D eigenvalue weighted by Gasteiger charge is -2.15. The molecule has 0 aromatic heterocycles. The summed E-state index contributed by atoms with van der Waals surface area (Å²) in [5.41, 5.74) is 2.58. The van der Waals surface area contributed by atoms with Crippen LogP contribution in [-0.2, 0) is 27.4 Å². The molecule has 0 saturated heterocycles. The topological polar surface area (TPSA) is 84.9 Å². The summed E-state index contributed by atoms with van der Waals surface area (Å²) in [7, 11) is 1.30. The lowest BCUT2D eigenvalue weighted by Crippen LogP contribution is -2.30. The van der Waals surface area contributed by atoms with Crippen molar-refractivity contribution in [1.29, 1.82) is 0 Å². The molecule has 27 heavy (non-hydrogen) atoms. The molecule has 7 heteroatoms. The van der Waals surface area contributed by atoms with E-state index in [4.69, 9.17) is 26.3 Å². The molecule has 0 spiro atoms. The smallest absolute Gasteiger partial charge is 0.312 e. The molecule has 1 aliphatic rings. The Morgan fingerprint density at radius 1 is 1.15 bits per heavy atom. The van der Waals surface area contributed by atoms with E-state index in [0.29, 0.717) is 30.2 Å². The number of esters is 1. The summed E-state index contributed by atoms with van der Waals surface area (Å²) in [6.45, 7) is 0.418. The second-order valence-electron chi connectivity index (χ2n) is 6.62. The second-order valence-corrected chi connectivity index (χ2v) is 7.05. The molecule has 2 atom stereocenters. The lowest BCUT2D eigenvalue weighted by atomic mass is 9.93. The maximum Gasteiger partial charge on any atom is 0.312 e. The van der Waals surface area contributed by atoms with Crippen LogP contribution in [0.25, 0.3) is 0 Å². The van der Waals surface area contributed by atoms with Crippen molar-refractivity contribution in [2.75, 3.05) is 7.11 Å². The Labute approximate surface area is 162 Å². The zero-order valence-electron chi connectivity index (χ0n) is 14.8. The third-order valence-electron chi connectivity index (χ3n) is 4.86. The molecule has 2 aromatic rings. The van der Waals surface area contributed by atoms with Gasteiger partial charge >= 0.3 is 5.97 Å². The zero-order valence-corrected chi connectivity index (χ0v) is 15.5. The number of amides is 1. The predicted molar refractivity (Wildman–Crippen MR) is 98.4 cm³/mol. The zero-order chi connectivity index (χ0) is 19.4. The minimum absolute atomic E-state index is 0.348. The third kappa shape index (κ3) is 4.23. The van der Waals surface area contributed by atoms with Gasteiger partial charge in [0.05, 0.1) is 18.4 Å². The van der Waals surface area contributed by atoms with Crippen molar-refractivity contribution in [2.24, 2.45) is 11.3 Å². The largest absolute Gasteiger partial charge is 0.489 e. The van der Waals surface area contributed by atoms with Crippen LogP contribution in [0.1, 0.15) is 17.5 Å². The molecule has 0 bridgehead atoms. The fraction of sp³-hybridized carbons (Fsp3) is 0.300. The summed E-state index contributed by atoms with van der Waals surface area (Å²) in [6, 6.07) is 14.8. The normalized spacial score (nSPS) is 20.6. The first kappa shape index (κ1) is 19.2. The minimum Gasteiger partial charge on any atom is -0.489 e. The van der Waals surface area contributed by atoms with Gasteiger partial charge < -0.3 is 9.47 Å². The van der Waals surface area contributed by atoms with E-state index >= 15 is 0 Å². The molecular weight excluding hydrogens is 370 g/mol. The van der Waals surface area contributed by atoms with Gasteiger partial charge in [0.1, 0.15) is 12.4 Å². The molecule has 6 nitrogen and oxygen atoms in total. The van der Waals surface area contributed by atoms with Crippen LogP contribution in [0.2, 0.25) is 5.02 Å². The summed E-state index contributed by atoms with van der Waals surface area (Å²) in [5.74, 6) is -0.903. The Morgan fingerprint density at radius 2 is 1.78 bits per heavy atom. The van der Waals surface area contributed by atoms with Crippen molar-refractivity contribution >= 4 is 23.5 Å². The van der Waals surface area contributed by atoms with Crippen molar-refractivity contribution in [1.82, 2.24) is 5.48 Å². The van der Waals surface area contributed by atoms with Crippen molar-refractivity contribution in [3.05, 3.63) is 64.7 Å². The number of nitrogens with one attached hydrogen (secondary N) is 1. The Bertz CT molecular complexity index is 821. The third-order valence-corrected chi connectivity index (χ3v) is 5.11. The number of halogens is 1. The Balaban J connectivity index is 1.63. The van der Waals surface area contributed by atoms with Crippen LogP contribution in [0.3, 0.4) is 0 Å². The van der Waals surface area contributed by atoms with E-state index in [-0.39, 0.29) is 0 Å². The minimum atomic E-state index is -0.923. The number of hydrogen-bond donors (Lipinski definition) is 2. The van der Waals surface area contributed by atoms with Gasteiger partial charge in [0.2, 0.25) is 5.91 Å². The Kier molecular flexibility index (Phi) is 5.68. The fourth-order valence-corrected chi connectivity index (χ4v) is 3.36. The number of rotatable bonds is 7. The van der Waals surface area contributed by atoms with Crippen LogP contribution in [0.4, 0.5) is 0 Å². The van der Waals surface area contributed by atoms with E-state index in [2.05, 4.69) is 0 Å². The summed E-state index contributed by atoms with van der Waals surface area (Å²) >= 11 is 5.86. The molecule has 1 saturated carbocycles. The van der Waals surface area contributed by atoms with Gasteiger partial charge in [-0.25, -0.2) is 5.48 Å². The molecule has 1 aliphatic carbocycles. The number of methoxy groups -OCH3 is 1.